The van der Waals surface area contributed by atoms with E-state index in [0.717, 1.165) is 16.7 Å². The lowest BCUT2D eigenvalue weighted by molar-refractivity contribution is -0.139. The Morgan fingerprint density at radius 1 is 1.39 bits per heavy atom. The Morgan fingerprint density at radius 2 is 2.13 bits per heavy atom. The van der Waals surface area contributed by atoms with Crippen molar-refractivity contribution in [3.8, 4) is 0 Å². The summed E-state index contributed by atoms with van der Waals surface area (Å²) in [5, 5.41) is 21.7. The number of carbonyl (C=O) groups is 3. The predicted molar refractivity (Wildman–Crippen MR) is 84.6 cm³/mol. The number of aliphatic hydroxyl groups is 1. The first kappa shape index (κ1) is 15.9. The number of halogens is 1. The maximum absolute atomic E-state index is 12.4. The van der Waals surface area contributed by atoms with Crippen LogP contribution in [0.15, 0.2) is 23.1 Å². The fourth-order valence-corrected chi connectivity index (χ4v) is 3.66. The first-order valence-electron chi connectivity index (χ1n) is 6.61. The number of carbonyl (C=O) groups excluding carboxylic acids is 2. The van der Waals surface area contributed by atoms with E-state index in [4.69, 9.17) is 16.7 Å². The van der Waals surface area contributed by atoms with E-state index in [1.807, 2.05) is 0 Å². The molecule has 2 aliphatic rings. The second-order valence-electron chi connectivity index (χ2n) is 4.93. The zero-order valence-corrected chi connectivity index (χ0v) is 13.1. The molecule has 0 bridgehead atoms. The molecule has 0 aromatic heterocycles. The van der Waals surface area contributed by atoms with Crippen LogP contribution in [-0.4, -0.2) is 45.0 Å². The molecule has 1 aromatic rings. The lowest BCUT2D eigenvalue weighted by Gasteiger charge is -2.17. The topological polar surface area (TPSA) is 107 Å². The molecule has 1 aromatic carbocycles. The third-order valence-electron chi connectivity index (χ3n) is 3.46. The van der Waals surface area contributed by atoms with Gasteiger partial charge in [0.05, 0.1) is 16.9 Å². The van der Waals surface area contributed by atoms with Crippen LogP contribution in [0.5, 0.6) is 0 Å². The van der Waals surface area contributed by atoms with Crippen LogP contribution in [0, 0.1) is 0 Å². The highest BCUT2D eigenvalue weighted by atomic mass is 35.5. The third-order valence-corrected chi connectivity index (χ3v) is 4.78. The molecule has 23 heavy (non-hydrogen) atoms. The molecule has 2 aliphatic heterocycles. The van der Waals surface area contributed by atoms with Crippen LogP contribution in [0.25, 0.3) is 5.57 Å². The van der Waals surface area contributed by atoms with Gasteiger partial charge >= 0.3 is 5.97 Å². The van der Waals surface area contributed by atoms with Crippen molar-refractivity contribution >= 4 is 52.4 Å². The van der Waals surface area contributed by atoms with Crippen LogP contribution in [-0.2, 0) is 14.4 Å². The number of nitrogens with zero attached hydrogens (tertiary/aromatic N) is 1. The van der Waals surface area contributed by atoms with Crippen molar-refractivity contribution in [3.05, 3.63) is 33.7 Å². The molecule has 9 heteroatoms. The van der Waals surface area contributed by atoms with E-state index >= 15 is 0 Å². The van der Waals surface area contributed by atoms with Crippen LogP contribution in [0.2, 0.25) is 5.02 Å². The van der Waals surface area contributed by atoms with Gasteiger partial charge in [0.15, 0.2) is 5.56 Å². The first-order valence-corrected chi connectivity index (χ1v) is 7.87. The SMILES string of the molecule is O=C(O)CCN1C(=O)/C(=C2/C(=O)Nc3ccc(Cl)cc32)SC1O. The minimum absolute atomic E-state index is 0.0846. The van der Waals surface area contributed by atoms with Crippen molar-refractivity contribution in [1.82, 2.24) is 4.90 Å². The third kappa shape index (κ3) is 2.80. The van der Waals surface area contributed by atoms with Gasteiger partial charge in [-0.25, -0.2) is 0 Å². The molecule has 3 N–H and O–H groups in total. The highest BCUT2D eigenvalue weighted by Crippen LogP contribution is 2.43. The zero-order chi connectivity index (χ0) is 16.7. The molecular formula is C14H11ClN2O5S. The summed E-state index contributed by atoms with van der Waals surface area (Å²) in [6.45, 7) is -0.136. The van der Waals surface area contributed by atoms with E-state index < -0.39 is 23.3 Å². The fourth-order valence-electron chi connectivity index (χ4n) is 2.41. The average Bonchev–Trinajstić information content (AvgIpc) is 2.93. The number of nitrogens with one attached hydrogen (secondary N) is 1. The minimum Gasteiger partial charge on any atom is -0.481 e. The normalized spacial score (nSPS) is 23.2. The second kappa shape index (κ2) is 5.88. The van der Waals surface area contributed by atoms with E-state index in [0.29, 0.717) is 16.3 Å². The maximum Gasteiger partial charge on any atom is 0.305 e. The van der Waals surface area contributed by atoms with Crippen molar-refractivity contribution in [2.45, 2.75) is 12.0 Å². The Balaban J connectivity index is 2.00. The number of carboxylic acids is 1. The van der Waals surface area contributed by atoms with Crippen molar-refractivity contribution in [2.24, 2.45) is 0 Å². The summed E-state index contributed by atoms with van der Waals surface area (Å²) in [6.07, 6.45) is -0.291. The van der Waals surface area contributed by atoms with E-state index in [2.05, 4.69) is 5.32 Å². The van der Waals surface area contributed by atoms with Crippen molar-refractivity contribution < 1.29 is 24.6 Å². The average molecular weight is 355 g/mol. The molecule has 2 amide bonds. The molecule has 1 atom stereocenters. The summed E-state index contributed by atoms with van der Waals surface area (Å²) in [6, 6.07) is 4.81. The summed E-state index contributed by atoms with van der Waals surface area (Å²) in [5.41, 5.74) is -0.0471. The summed E-state index contributed by atoms with van der Waals surface area (Å²) in [4.78, 5) is 36.4. The highest BCUT2D eigenvalue weighted by Gasteiger charge is 2.40. The van der Waals surface area contributed by atoms with Gasteiger partial charge in [0, 0.05) is 22.8 Å². The number of benzene rings is 1. The molecule has 0 radical (unpaired) electrons. The molecule has 0 aliphatic carbocycles. The standard InChI is InChI=1S/C14H11ClN2O5S/c15-6-1-2-8-7(5-6)10(12(20)16-8)11-13(21)17(14(22)23-11)4-3-9(18)19/h1-2,5,14,22H,3-4H2,(H,16,20)(H,18,19)/b11-10-. The van der Waals surface area contributed by atoms with Gasteiger partial charge in [-0.05, 0) is 18.2 Å². The molecule has 1 fully saturated rings. The monoisotopic (exact) mass is 354 g/mol. The summed E-state index contributed by atoms with van der Waals surface area (Å²) >= 11 is 6.76. The van der Waals surface area contributed by atoms with Gasteiger partial charge < -0.3 is 20.4 Å². The smallest absolute Gasteiger partial charge is 0.305 e. The van der Waals surface area contributed by atoms with Crippen molar-refractivity contribution in [3.63, 3.8) is 0 Å². The summed E-state index contributed by atoms with van der Waals surface area (Å²) < 4.78 is 0. The molecule has 120 valence electrons. The number of hydrogen-bond donors (Lipinski definition) is 3. The molecular weight excluding hydrogens is 344 g/mol. The largest absolute Gasteiger partial charge is 0.481 e. The summed E-state index contributed by atoms with van der Waals surface area (Å²) in [7, 11) is 0. The lowest BCUT2D eigenvalue weighted by Crippen LogP contribution is -2.34. The van der Waals surface area contributed by atoms with E-state index in [9.17, 15) is 19.5 Å². The maximum atomic E-state index is 12.4. The number of fused-ring (bicyclic) bond motifs is 1. The number of thioether (sulfide) groups is 1. The lowest BCUT2D eigenvalue weighted by atomic mass is 10.1. The molecule has 2 heterocycles. The Labute approximate surface area is 139 Å². The number of aliphatic hydroxyl groups excluding tert-OH is 1. The Hall–Kier alpha value is -2.03. The van der Waals surface area contributed by atoms with Crippen LogP contribution >= 0.6 is 23.4 Å². The Morgan fingerprint density at radius 3 is 2.83 bits per heavy atom. The molecule has 1 unspecified atom stereocenters. The number of hydrogen-bond acceptors (Lipinski definition) is 5. The van der Waals surface area contributed by atoms with Gasteiger partial charge in [0.25, 0.3) is 11.8 Å². The van der Waals surface area contributed by atoms with Crippen LogP contribution in [0.3, 0.4) is 0 Å². The second-order valence-corrected chi connectivity index (χ2v) is 6.44. The molecule has 0 spiro atoms. The minimum atomic E-state index is -1.22. The number of rotatable bonds is 3. The van der Waals surface area contributed by atoms with E-state index in [1.165, 1.54) is 0 Å². The number of aliphatic carboxylic acids is 1. The Bertz CT molecular complexity index is 764. The summed E-state index contributed by atoms with van der Waals surface area (Å²) in [5.74, 6) is -2.10. The molecule has 7 nitrogen and oxygen atoms in total. The van der Waals surface area contributed by atoms with Gasteiger partial charge in [-0.1, -0.05) is 23.4 Å². The van der Waals surface area contributed by atoms with Crippen molar-refractivity contribution in [2.75, 3.05) is 11.9 Å². The Kier molecular flexibility index (Phi) is 4.05. The van der Waals surface area contributed by atoms with Crippen LogP contribution in [0.4, 0.5) is 5.69 Å². The van der Waals surface area contributed by atoms with E-state index in [-0.39, 0.29) is 23.4 Å². The highest BCUT2D eigenvalue weighted by molar-refractivity contribution is 8.05. The number of anilines is 1. The van der Waals surface area contributed by atoms with Gasteiger partial charge in [-0.3, -0.25) is 14.4 Å². The van der Waals surface area contributed by atoms with E-state index in [1.54, 1.807) is 18.2 Å². The first-order chi connectivity index (χ1) is 10.9. The van der Waals surface area contributed by atoms with Gasteiger partial charge in [0.1, 0.15) is 0 Å². The van der Waals surface area contributed by atoms with Crippen LogP contribution in [0.1, 0.15) is 12.0 Å². The molecule has 1 saturated heterocycles. The van der Waals surface area contributed by atoms with Gasteiger partial charge in [-0.15, -0.1) is 0 Å². The van der Waals surface area contributed by atoms with Crippen LogP contribution < -0.4 is 5.32 Å². The van der Waals surface area contributed by atoms with Gasteiger partial charge in [-0.2, -0.15) is 0 Å². The quantitative estimate of drug-likeness (QED) is 0.707. The predicted octanol–water partition coefficient (Wildman–Crippen LogP) is 1.33. The number of amides is 2. The molecule has 0 saturated carbocycles. The zero-order valence-electron chi connectivity index (χ0n) is 11.6. The van der Waals surface area contributed by atoms with Crippen molar-refractivity contribution in [1.29, 1.82) is 0 Å². The number of carboxylic acid groups (broad SMARTS) is 1. The molecule has 3 rings (SSSR count). The van der Waals surface area contributed by atoms with Gasteiger partial charge in [0.2, 0.25) is 0 Å². The fraction of sp³-hybridized carbons (Fsp3) is 0.214.